The molecule has 148 valence electrons. The number of nitrogens with zero attached hydrogens (tertiary/aromatic N) is 2. The van der Waals surface area contributed by atoms with E-state index in [1.165, 1.54) is 0 Å². The van der Waals surface area contributed by atoms with Gasteiger partial charge in [0, 0.05) is 0 Å². The van der Waals surface area contributed by atoms with Crippen LogP contribution in [0.25, 0.3) is 0 Å². The number of sulfone groups is 1. The molecular weight excluding hydrogens is 370 g/mol. The summed E-state index contributed by atoms with van der Waals surface area (Å²) in [4.78, 5) is 12.1. The maximum atomic E-state index is 12.5. The first-order valence-electron chi connectivity index (χ1n) is 8.57. The molecule has 0 spiro atoms. The Labute approximate surface area is 159 Å². The van der Waals surface area contributed by atoms with Crippen LogP contribution in [0.1, 0.15) is 52.1 Å². The van der Waals surface area contributed by atoms with E-state index in [4.69, 9.17) is 9.15 Å². The van der Waals surface area contributed by atoms with Crippen LogP contribution in [-0.4, -0.2) is 30.3 Å². The van der Waals surface area contributed by atoms with Gasteiger partial charge in [0.05, 0.1) is 5.75 Å². The van der Waals surface area contributed by atoms with Gasteiger partial charge in [-0.05, 0) is 32.3 Å². The van der Waals surface area contributed by atoms with E-state index in [9.17, 15) is 13.2 Å². The fourth-order valence-electron chi connectivity index (χ4n) is 2.28. The lowest BCUT2D eigenvalue weighted by atomic mass is 10.1. The molecule has 8 nitrogen and oxygen atoms in total. The molecule has 0 radical (unpaired) electrons. The van der Waals surface area contributed by atoms with Crippen LogP contribution in [0.2, 0.25) is 0 Å². The maximum absolute atomic E-state index is 12.5. The lowest BCUT2D eigenvalue weighted by Crippen LogP contribution is -2.37. The molecule has 1 amide bonds. The molecule has 9 heteroatoms. The highest BCUT2D eigenvalue weighted by atomic mass is 32.2. The monoisotopic (exact) mass is 395 g/mol. The van der Waals surface area contributed by atoms with E-state index in [1.807, 2.05) is 13.8 Å². The van der Waals surface area contributed by atoms with Gasteiger partial charge in [-0.15, -0.1) is 5.10 Å². The Hall–Kier alpha value is -2.42. The zero-order valence-electron chi connectivity index (χ0n) is 16.1. The summed E-state index contributed by atoms with van der Waals surface area (Å²) < 4.78 is 35.6. The minimum atomic E-state index is -3.79. The highest BCUT2D eigenvalue weighted by Crippen LogP contribution is 2.24. The average molecular weight is 395 g/mol. The predicted octanol–water partition coefficient (Wildman–Crippen LogP) is 3.27. The van der Waals surface area contributed by atoms with Crippen LogP contribution in [0, 0.1) is 5.92 Å². The van der Waals surface area contributed by atoms with Crippen molar-refractivity contribution in [2.75, 3.05) is 0 Å². The number of hydrogen-bond acceptors (Lipinski definition) is 7. The Morgan fingerprint density at radius 1 is 1.19 bits per heavy atom. The number of alkyl carbamates (subject to hydrolysis) is 1. The summed E-state index contributed by atoms with van der Waals surface area (Å²) >= 11 is 0. The number of carbonyl (C=O) groups is 1. The van der Waals surface area contributed by atoms with Crippen molar-refractivity contribution in [1.29, 1.82) is 0 Å². The zero-order valence-corrected chi connectivity index (χ0v) is 16.9. The van der Waals surface area contributed by atoms with Crippen molar-refractivity contribution in [1.82, 2.24) is 15.5 Å². The third-order valence-corrected chi connectivity index (χ3v) is 4.90. The molecule has 2 aromatic rings. The standard InChI is InChI=1S/C18H25N3O5S/c1-12(2)14(19-16(22)26-18(3,4)5)15-20-21-17(25-15)27(23,24)11-13-9-7-6-8-10-13/h6-10,12,14H,11H2,1-5H3,(H,19,22). The largest absolute Gasteiger partial charge is 0.444 e. The van der Waals surface area contributed by atoms with Crippen molar-refractivity contribution in [3.63, 3.8) is 0 Å². The first-order valence-corrected chi connectivity index (χ1v) is 10.2. The van der Waals surface area contributed by atoms with Gasteiger partial charge in [0.25, 0.3) is 0 Å². The van der Waals surface area contributed by atoms with E-state index in [2.05, 4.69) is 15.5 Å². The van der Waals surface area contributed by atoms with Crippen LogP contribution in [0.15, 0.2) is 40.0 Å². The molecule has 0 aliphatic carbocycles. The SMILES string of the molecule is CC(C)C(NC(=O)OC(C)(C)C)c1nnc(S(=O)(=O)Cc2ccccc2)o1. The highest BCUT2D eigenvalue weighted by Gasteiger charge is 2.30. The molecule has 0 aliphatic heterocycles. The Bertz CT molecular complexity index is 870. The summed E-state index contributed by atoms with van der Waals surface area (Å²) in [5.74, 6) is -0.355. The van der Waals surface area contributed by atoms with Crippen molar-refractivity contribution in [2.45, 2.75) is 57.2 Å². The molecule has 1 aromatic carbocycles. The molecule has 27 heavy (non-hydrogen) atoms. The second kappa shape index (κ2) is 8.08. The molecule has 1 N–H and O–H groups in total. The smallest absolute Gasteiger partial charge is 0.408 e. The molecule has 0 bridgehead atoms. The first kappa shape index (κ1) is 20.9. The molecule has 2 rings (SSSR count). The second-order valence-corrected chi connectivity index (χ2v) is 9.39. The van der Waals surface area contributed by atoms with E-state index in [-0.39, 0.29) is 17.6 Å². The quantitative estimate of drug-likeness (QED) is 0.799. The van der Waals surface area contributed by atoms with Crippen LogP contribution in [0.5, 0.6) is 0 Å². The molecule has 1 atom stereocenters. The van der Waals surface area contributed by atoms with Crippen molar-refractivity contribution < 1.29 is 22.4 Å². The molecule has 0 saturated heterocycles. The molecule has 1 unspecified atom stereocenters. The van der Waals surface area contributed by atoms with E-state index in [0.717, 1.165) is 0 Å². The average Bonchev–Trinajstić information content (AvgIpc) is 3.01. The summed E-state index contributed by atoms with van der Waals surface area (Å²) in [7, 11) is -3.79. The Balaban J connectivity index is 2.18. The predicted molar refractivity (Wildman–Crippen MR) is 98.6 cm³/mol. The first-order chi connectivity index (χ1) is 12.5. The summed E-state index contributed by atoms with van der Waals surface area (Å²) in [6.45, 7) is 8.92. The summed E-state index contributed by atoms with van der Waals surface area (Å²) in [5, 5.41) is 9.68. The van der Waals surface area contributed by atoms with Gasteiger partial charge in [-0.1, -0.05) is 49.3 Å². The summed E-state index contributed by atoms with van der Waals surface area (Å²) in [5.41, 5.74) is -0.0468. The number of aromatic nitrogens is 2. The number of rotatable bonds is 6. The zero-order chi connectivity index (χ0) is 20.2. The van der Waals surface area contributed by atoms with Gasteiger partial charge in [-0.3, -0.25) is 0 Å². The van der Waals surface area contributed by atoms with E-state index in [1.54, 1.807) is 51.1 Å². The number of hydrogen-bond donors (Lipinski definition) is 1. The van der Waals surface area contributed by atoms with Crippen molar-refractivity contribution in [3.05, 3.63) is 41.8 Å². The lowest BCUT2D eigenvalue weighted by Gasteiger charge is -2.23. The molecule has 1 aromatic heterocycles. The third kappa shape index (κ3) is 6.06. The normalized spacial score (nSPS) is 13.4. The third-order valence-electron chi connectivity index (χ3n) is 3.49. The van der Waals surface area contributed by atoms with Gasteiger partial charge in [-0.2, -0.15) is 0 Å². The van der Waals surface area contributed by atoms with Crippen LogP contribution in [-0.2, 0) is 20.3 Å². The summed E-state index contributed by atoms with van der Waals surface area (Å²) in [6.07, 6.45) is -0.645. The Kier molecular flexibility index (Phi) is 6.25. The summed E-state index contributed by atoms with van der Waals surface area (Å²) in [6, 6.07) is 8.04. The Morgan fingerprint density at radius 2 is 1.81 bits per heavy atom. The molecule has 1 heterocycles. The number of benzene rings is 1. The van der Waals surface area contributed by atoms with Crippen molar-refractivity contribution >= 4 is 15.9 Å². The number of amides is 1. The van der Waals surface area contributed by atoms with Crippen LogP contribution in [0.3, 0.4) is 0 Å². The topological polar surface area (TPSA) is 111 Å². The van der Waals surface area contributed by atoms with Gasteiger partial charge < -0.3 is 14.5 Å². The maximum Gasteiger partial charge on any atom is 0.408 e. The fourth-order valence-corrected chi connectivity index (χ4v) is 3.41. The van der Waals surface area contributed by atoms with E-state index < -0.39 is 32.8 Å². The fraction of sp³-hybridized carbons (Fsp3) is 0.500. The highest BCUT2D eigenvalue weighted by molar-refractivity contribution is 7.90. The second-order valence-electron chi connectivity index (χ2n) is 7.52. The van der Waals surface area contributed by atoms with Crippen LogP contribution >= 0.6 is 0 Å². The van der Waals surface area contributed by atoms with E-state index in [0.29, 0.717) is 5.56 Å². The van der Waals surface area contributed by atoms with Gasteiger partial charge in [0.15, 0.2) is 0 Å². The van der Waals surface area contributed by atoms with E-state index >= 15 is 0 Å². The lowest BCUT2D eigenvalue weighted by molar-refractivity contribution is 0.0477. The van der Waals surface area contributed by atoms with Crippen LogP contribution in [0.4, 0.5) is 4.79 Å². The number of carbonyl (C=O) groups excluding carboxylic acids is 1. The van der Waals surface area contributed by atoms with Gasteiger partial charge >= 0.3 is 11.3 Å². The molecular formula is C18H25N3O5S. The Morgan fingerprint density at radius 3 is 2.37 bits per heavy atom. The van der Waals surface area contributed by atoms with Crippen LogP contribution < -0.4 is 5.32 Å². The van der Waals surface area contributed by atoms with Gasteiger partial charge in [0.2, 0.25) is 15.7 Å². The van der Waals surface area contributed by atoms with Crippen molar-refractivity contribution in [2.24, 2.45) is 5.92 Å². The number of ether oxygens (including phenoxy) is 1. The van der Waals surface area contributed by atoms with Crippen molar-refractivity contribution in [3.8, 4) is 0 Å². The minimum Gasteiger partial charge on any atom is -0.444 e. The molecule has 0 fully saturated rings. The molecule has 0 saturated carbocycles. The molecule has 0 aliphatic rings. The van der Waals surface area contributed by atoms with Gasteiger partial charge in [0.1, 0.15) is 11.6 Å². The number of nitrogens with one attached hydrogen (secondary N) is 1. The van der Waals surface area contributed by atoms with Gasteiger partial charge in [-0.25, -0.2) is 13.2 Å². The minimum absolute atomic E-state index is 0.0162.